The molecule has 1 saturated heterocycles. The summed E-state index contributed by atoms with van der Waals surface area (Å²) in [6, 6.07) is 0. The van der Waals surface area contributed by atoms with Gasteiger partial charge in [-0.15, -0.1) is 0 Å². The normalized spacial score (nSPS) is 24.7. The van der Waals surface area contributed by atoms with Gasteiger partial charge in [-0.2, -0.15) is 0 Å². The summed E-state index contributed by atoms with van der Waals surface area (Å²) >= 11 is 0. The summed E-state index contributed by atoms with van der Waals surface area (Å²) in [7, 11) is 0. The topological polar surface area (TPSA) is 66.4 Å². The molecule has 1 aromatic carbocycles. The monoisotopic (exact) mass is 583 g/mol. The number of nitrogens with zero attached hydrogens (tertiary/aromatic N) is 1. The van der Waals surface area contributed by atoms with E-state index in [-0.39, 0.29) is 23.8 Å². The molecule has 6 heteroatoms. The van der Waals surface area contributed by atoms with Crippen molar-refractivity contribution in [3.8, 4) is 11.5 Å². The van der Waals surface area contributed by atoms with Crippen LogP contribution in [-0.2, 0) is 20.8 Å². The van der Waals surface area contributed by atoms with Crippen LogP contribution >= 0.6 is 0 Å². The Morgan fingerprint density at radius 3 is 2.33 bits per heavy atom. The van der Waals surface area contributed by atoms with Gasteiger partial charge in [0.2, 0.25) is 6.29 Å². The van der Waals surface area contributed by atoms with Gasteiger partial charge in [-0.05, 0) is 88.2 Å². The molecule has 0 amide bonds. The van der Waals surface area contributed by atoms with E-state index in [0.29, 0.717) is 12.4 Å². The lowest BCUT2D eigenvalue weighted by Crippen LogP contribution is -2.38. The third-order valence-electron chi connectivity index (χ3n) is 9.95. The van der Waals surface area contributed by atoms with Crippen molar-refractivity contribution in [1.82, 2.24) is 0 Å². The average Bonchev–Trinajstić information content (AvgIpc) is 3.35. The van der Waals surface area contributed by atoms with Crippen LogP contribution in [0.4, 0.5) is 0 Å². The van der Waals surface area contributed by atoms with Gasteiger partial charge in [0.15, 0.2) is 0 Å². The maximum absolute atomic E-state index is 12.2. The first kappa shape index (κ1) is 32.8. The van der Waals surface area contributed by atoms with E-state index in [1.54, 1.807) is 0 Å². The van der Waals surface area contributed by atoms with Crippen LogP contribution in [0.15, 0.2) is 5.16 Å². The maximum atomic E-state index is 12.2. The Kier molecular flexibility index (Phi) is 11.4. The lowest BCUT2D eigenvalue weighted by Gasteiger charge is -2.39. The zero-order valence-electron chi connectivity index (χ0n) is 27.8. The molecule has 3 aliphatic heterocycles. The number of esters is 1. The first-order valence-electron chi connectivity index (χ1n) is 16.9. The van der Waals surface area contributed by atoms with Crippen molar-refractivity contribution in [1.29, 1.82) is 0 Å². The lowest BCUT2D eigenvalue weighted by molar-refractivity contribution is -0.162. The Balaban J connectivity index is 1.39. The van der Waals surface area contributed by atoms with Crippen molar-refractivity contribution in [2.24, 2.45) is 28.8 Å². The molecular weight excluding hydrogens is 526 g/mol. The molecule has 5 atom stereocenters. The van der Waals surface area contributed by atoms with Crippen LogP contribution in [-0.4, -0.2) is 30.2 Å². The van der Waals surface area contributed by atoms with Gasteiger partial charge in [-0.3, -0.25) is 4.79 Å². The van der Waals surface area contributed by atoms with Crippen molar-refractivity contribution in [2.75, 3.05) is 6.61 Å². The summed E-state index contributed by atoms with van der Waals surface area (Å²) in [6.45, 7) is 18.0. The van der Waals surface area contributed by atoms with E-state index in [2.05, 4.69) is 46.7 Å². The number of oxime groups is 1. The SMILES string of the molecule is CC(=O)Oc1c(C)c(C)c2c(c1C1=NOC3OCCCC13)CCC(C)(CCCC(C)CCCC(C)CCCC(C)C)O2. The van der Waals surface area contributed by atoms with E-state index < -0.39 is 0 Å². The molecule has 0 saturated carbocycles. The molecule has 0 N–H and O–H groups in total. The second-order valence-corrected chi connectivity index (χ2v) is 14.3. The van der Waals surface area contributed by atoms with Gasteiger partial charge in [-0.25, -0.2) is 0 Å². The summed E-state index contributed by atoms with van der Waals surface area (Å²) in [5.41, 5.74) is 4.58. The number of benzene rings is 1. The highest BCUT2D eigenvalue weighted by atomic mass is 16.8. The standard InChI is InChI=1S/C36H57NO5/c1-23(2)13-9-14-24(3)15-10-16-25(4)17-11-20-36(8)21-19-29-31(32-30-18-12-22-39-35(30)42-37-32)34(40-28(7)38)27(6)26(5)33(29)41-36/h23-25,30,35H,9-22H2,1-8H3. The van der Waals surface area contributed by atoms with E-state index in [1.165, 1.54) is 58.3 Å². The summed E-state index contributed by atoms with van der Waals surface area (Å²) in [4.78, 5) is 17.9. The van der Waals surface area contributed by atoms with Crippen LogP contribution in [0.1, 0.15) is 141 Å². The van der Waals surface area contributed by atoms with Gasteiger partial charge in [0.25, 0.3) is 0 Å². The van der Waals surface area contributed by atoms with E-state index in [9.17, 15) is 4.79 Å². The number of ether oxygens (including phenoxy) is 3. The smallest absolute Gasteiger partial charge is 0.308 e. The lowest BCUT2D eigenvalue weighted by atomic mass is 9.80. The largest absolute Gasteiger partial charge is 0.487 e. The molecule has 1 fully saturated rings. The molecule has 3 heterocycles. The molecular formula is C36H57NO5. The van der Waals surface area contributed by atoms with Gasteiger partial charge >= 0.3 is 5.97 Å². The summed E-state index contributed by atoms with van der Waals surface area (Å²) in [6.07, 6.45) is 14.9. The Morgan fingerprint density at radius 1 is 1.00 bits per heavy atom. The minimum absolute atomic E-state index is 0.0390. The predicted octanol–water partition coefficient (Wildman–Crippen LogP) is 9.24. The van der Waals surface area contributed by atoms with E-state index in [4.69, 9.17) is 19.0 Å². The molecule has 6 nitrogen and oxygen atoms in total. The highest BCUT2D eigenvalue weighted by Crippen LogP contribution is 2.48. The van der Waals surface area contributed by atoms with E-state index >= 15 is 0 Å². The van der Waals surface area contributed by atoms with Crippen molar-refractivity contribution in [3.63, 3.8) is 0 Å². The predicted molar refractivity (Wildman–Crippen MR) is 169 cm³/mol. The fourth-order valence-electron chi connectivity index (χ4n) is 7.12. The van der Waals surface area contributed by atoms with E-state index in [0.717, 1.165) is 83.6 Å². The molecule has 42 heavy (non-hydrogen) atoms. The van der Waals surface area contributed by atoms with Gasteiger partial charge < -0.3 is 19.0 Å². The van der Waals surface area contributed by atoms with Gasteiger partial charge in [0.1, 0.15) is 22.8 Å². The fourth-order valence-corrected chi connectivity index (χ4v) is 7.12. The highest BCUT2D eigenvalue weighted by Gasteiger charge is 2.43. The van der Waals surface area contributed by atoms with Crippen molar-refractivity contribution >= 4 is 11.7 Å². The molecule has 3 aliphatic rings. The number of carbonyl (C=O) groups is 1. The first-order chi connectivity index (χ1) is 20.0. The third kappa shape index (κ3) is 8.09. The molecule has 0 aromatic heterocycles. The number of carbonyl (C=O) groups excluding carboxylic acids is 1. The van der Waals surface area contributed by atoms with Crippen molar-refractivity contribution in [3.05, 3.63) is 22.3 Å². The summed E-state index contributed by atoms with van der Waals surface area (Å²) in [5, 5.41) is 4.50. The minimum Gasteiger partial charge on any atom is -0.487 e. The molecule has 0 bridgehead atoms. The third-order valence-corrected chi connectivity index (χ3v) is 9.95. The quantitative estimate of drug-likeness (QED) is 0.161. The Morgan fingerprint density at radius 2 is 1.67 bits per heavy atom. The van der Waals surface area contributed by atoms with Crippen LogP contribution in [0.25, 0.3) is 0 Å². The van der Waals surface area contributed by atoms with Gasteiger partial charge in [0, 0.05) is 18.1 Å². The Hall–Kier alpha value is -2.08. The molecule has 0 radical (unpaired) electrons. The number of fused-ring (bicyclic) bond motifs is 2. The van der Waals surface area contributed by atoms with Crippen LogP contribution in [0, 0.1) is 37.5 Å². The van der Waals surface area contributed by atoms with Gasteiger partial charge in [0.05, 0.1) is 12.5 Å². The second-order valence-electron chi connectivity index (χ2n) is 14.3. The molecule has 0 spiro atoms. The molecule has 236 valence electrons. The van der Waals surface area contributed by atoms with Crippen LogP contribution < -0.4 is 9.47 Å². The number of hydrogen-bond acceptors (Lipinski definition) is 6. The average molecular weight is 584 g/mol. The number of hydrogen-bond donors (Lipinski definition) is 0. The van der Waals surface area contributed by atoms with Crippen LogP contribution in [0.2, 0.25) is 0 Å². The molecule has 0 aliphatic carbocycles. The fraction of sp³-hybridized carbons (Fsp3) is 0.778. The highest BCUT2D eigenvalue weighted by molar-refractivity contribution is 6.08. The van der Waals surface area contributed by atoms with Crippen LogP contribution in [0.5, 0.6) is 11.5 Å². The first-order valence-corrected chi connectivity index (χ1v) is 16.9. The molecule has 1 aromatic rings. The van der Waals surface area contributed by atoms with Crippen LogP contribution in [0.3, 0.4) is 0 Å². The zero-order chi connectivity index (χ0) is 30.4. The van der Waals surface area contributed by atoms with E-state index in [1.807, 2.05) is 6.92 Å². The Labute approximate surface area is 255 Å². The Bertz CT molecular complexity index is 1110. The number of rotatable bonds is 14. The molecule has 5 unspecified atom stereocenters. The van der Waals surface area contributed by atoms with Gasteiger partial charge in [-0.1, -0.05) is 77.8 Å². The van der Waals surface area contributed by atoms with Crippen molar-refractivity contribution in [2.45, 2.75) is 151 Å². The second kappa shape index (κ2) is 14.6. The van der Waals surface area contributed by atoms with Crippen molar-refractivity contribution < 1.29 is 23.8 Å². The summed E-state index contributed by atoms with van der Waals surface area (Å²) < 4.78 is 18.6. The maximum Gasteiger partial charge on any atom is 0.308 e. The summed E-state index contributed by atoms with van der Waals surface area (Å²) in [5.74, 6) is 3.67. The molecule has 4 rings (SSSR count). The minimum atomic E-state index is -0.360. The zero-order valence-corrected chi connectivity index (χ0v) is 27.8.